The van der Waals surface area contributed by atoms with Crippen LogP contribution in [0.25, 0.3) is 0 Å². The van der Waals surface area contributed by atoms with E-state index in [0.717, 1.165) is 24.2 Å². The van der Waals surface area contributed by atoms with Gasteiger partial charge in [0.1, 0.15) is 0 Å². The highest BCUT2D eigenvalue weighted by Gasteiger charge is 2.33. The molecule has 0 amide bonds. The number of hydrogen-bond donors (Lipinski definition) is 1. The van der Waals surface area contributed by atoms with Crippen molar-refractivity contribution in [1.29, 1.82) is 0 Å². The van der Waals surface area contributed by atoms with Crippen molar-refractivity contribution in [2.45, 2.75) is 45.8 Å². The van der Waals surface area contributed by atoms with E-state index >= 15 is 0 Å². The maximum atomic E-state index is 10.0. The molecule has 1 atom stereocenters. The number of hydrogen-bond acceptors (Lipinski definition) is 2. The number of nitrogens with zero attached hydrogens (tertiary/aromatic N) is 2. The zero-order valence-electron chi connectivity index (χ0n) is 9.07. The zero-order valence-corrected chi connectivity index (χ0v) is 9.07. The fourth-order valence-electron chi connectivity index (χ4n) is 1.82. The van der Waals surface area contributed by atoms with E-state index in [4.69, 9.17) is 0 Å². The second kappa shape index (κ2) is 3.39. The highest BCUT2D eigenvalue weighted by molar-refractivity contribution is 5.14. The fourth-order valence-corrected chi connectivity index (χ4v) is 1.82. The van der Waals surface area contributed by atoms with Crippen LogP contribution in [-0.2, 0) is 0 Å². The molecule has 1 aromatic rings. The van der Waals surface area contributed by atoms with E-state index < -0.39 is 0 Å². The average molecular weight is 194 g/mol. The lowest BCUT2D eigenvalue weighted by atomic mass is 10.1. The first-order valence-corrected chi connectivity index (χ1v) is 5.33. The van der Waals surface area contributed by atoms with Gasteiger partial charge in [-0.25, -0.2) is 0 Å². The summed E-state index contributed by atoms with van der Waals surface area (Å²) in [6.45, 7) is 6.16. The van der Waals surface area contributed by atoms with Crippen molar-refractivity contribution in [2.24, 2.45) is 5.92 Å². The molecular weight excluding hydrogens is 176 g/mol. The summed E-state index contributed by atoms with van der Waals surface area (Å²) in [6, 6.07) is 2.33. The monoisotopic (exact) mass is 194 g/mol. The third-order valence-corrected chi connectivity index (χ3v) is 2.75. The van der Waals surface area contributed by atoms with Gasteiger partial charge in [-0.05, 0) is 45.6 Å². The Labute approximate surface area is 84.7 Å². The molecule has 1 fully saturated rings. The van der Waals surface area contributed by atoms with Crippen LogP contribution in [0.4, 0.5) is 0 Å². The highest BCUT2D eigenvalue weighted by atomic mass is 16.3. The van der Waals surface area contributed by atoms with Crippen LogP contribution in [0.5, 0.6) is 0 Å². The second-order valence-corrected chi connectivity index (χ2v) is 4.53. The Bertz CT molecular complexity index is 326. The number of aliphatic hydroxyl groups is 1. The molecular formula is C11H18N2O. The lowest BCUT2D eigenvalue weighted by Gasteiger charge is -2.15. The molecule has 0 spiro atoms. The first-order chi connectivity index (χ1) is 6.59. The topological polar surface area (TPSA) is 38.0 Å². The Balaban J connectivity index is 2.29. The quantitative estimate of drug-likeness (QED) is 0.801. The molecule has 1 N–H and O–H groups in total. The minimum absolute atomic E-state index is 0.307. The van der Waals surface area contributed by atoms with Crippen molar-refractivity contribution in [2.75, 3.05) is 0 Å². The molecule has 0 aliphatic heterocycles. The summed E-state index contributed by atoms with van der Waals surface area (Å²) < 4.78 is 1.94. The molecule has 1 aliphatic carbocycles. The van der Waals surface area contributed by atoms with Gasteiger partial charge in [-0.15, -0.1) is 0 Å². The van der Waals surface area contributed by atoms with Crippen LogP contribution in [-0.4, -0.2) is 14.9 Å². The molecule has 1 unspecified atom stereocenters. The third kappa shape index (κ3) is 1.69. The maximum absolute atomic E-state index is 10.0. The van der Waals surface area contributed by atoms with Crippen molar-refractivity contribution >= 4 is 0 Å². The molecule has 0 bridgehead atoms. The summed E-state index contributed by atoms with van der Waals surface area (Å²) in [6.07, 6.45) is 2.01. The Kier molecular flexibility index (Phi) is 2.35. The van der Waals surface area contributed by atoms with Gasteiger partial charge in [-0.3, -0.25) is 4.68 Å². The number of aliphatic hydroxyl groups excluding tert-OH is 1. The van der Waals surface area contributed by atoms with Gasteiger partial charge >= 0.3 is 0 Å². The third-order valence-electron chi connectivity index (χ3n) is 2.75. The van der Waals surface area contributed by atoms with E-state index in [1.165, 1.54) is 0 Å². The minimum atomic E-state index is -0.307. The molecule has 14 heavy (non-hydrogen) atoms. The minimum Gasteiger partial charge on any atom is -0.387 e. The Morgan fingerprint density at radius 3 is 2.64 bits per heavy atom. The highest BCUT2D eigenvalue weighted by Crippen LogP contribution is 2.41. The number of rotatable bonds is 3. The van der Waals surface area contributed by atoms with Gasteiger partial charge in [-0.1, -0.05) is 0 Å². The maximum Gasteiger partial charge on any atom is 0.0984 e. The first kappa shape index (κ1) is 9.71. The zero-order chi connectivity index (χ0) is 10.3. The van der Waals surface area contributed by atoms with E-state index in [1.807, 2.05) is 17.7 Å². The average Bonchev–Trinajstić information content (AvgIpc) is 2.87. The molecule has 3 heteroatoms. The lowest BCUT2D eigenvalue weighted by Crippen LogP contribution is -2.12. The molecule has 1 aliphatic rings. The van der Waals surface area contributed by atoms with E-state index in [0.29, 0.717) is 12.0 Å². The van der Waals surface area contributed by atoms with Crippen LogP contribution in [0.3, 0.4) is 0 Å². The summed E-state index contributed by atoms with van der Waals surface area (Å²) in [5.74, 6) is 0.476. The smallest absolute Gasteiger partial charge is 0.0984 e. The van der Waals surface area contributed by atoms with Crippen LogP contribution in [0.15, 0.2) is 6.07 Å². The summed E-state index contributed by atoms with van der Waals surface area (Å²) in [4.78, 5) is 0. The van der Waals surface area contributed by atoms with Gasteiger partial charge in [0.05, 0.1) is 17.5 Å². The van der Waals surface area contributed by atoms with E-state index in [1.54, 1.807) is 0 Å². The van der Waals surface area contributed by atoms with Gasteiger partial charge in [0.15, 0.2) is 0 Å². The number of aromatic nitrogens is 2. The van der Waals surface area contributed by atoms with Gasteiger partial charge in [0, 0.05) is 6.04 Å². The van der Waals surface area contributed by atoms with Crippen molar-refractivity contribution in [1.82, 2.24) is 9.78 Å². The van der Waals surface area contributed by atoms with Gasteiger partial charge < -0.3 is 5.11 Å². The Hall–Kier alpha value is -0.830. The summed E-state index contributed by atoms with van der Waals surface area (Å²) in [7, 11) is 0. The van der Waals surface area contributed by atoms with E-state index in [9.17, 15) is 5.11 Å². The molecule has 0 aromatic carbocycles. The molecule has 0 saturated heterocycles. The van der Waals surface area contributed by atoms with Crippen molar-refractivity contribution in [3.63, 3.8) is 0 Å². The van der Waals surface area contributed by atoms with Crippen LogP contribution < -0.4 is 0 Å². The van der Waals surface area contributed by atoms with Crippen molar-refractivity contribution in [3.05, 3.63) is 17.5 Å². The predicted octanol–water partition coefficient (Wildman–Crippen LogP) is 2.22. The SMILES string of the molecule is Cc1cc(C(O)C2CC2)n(C(C)C)n1. The summed E-state index contributed by atoms with van der Waals surface area (Å²) in [5.41, 5.74) is 1.98. The van der Waals surface area contributed by atoms with Crippen LogP contribution in [0, 0.1) is 12.8 Å². The summed E-state index contributed by atoms with van der Waals surface area (Å²) in [5, 5.41) is 14.4. The fraction of sp³-hybridized carbons (Fsp3) is 0.727. The van der Waals surface area contributed by atoms with Crippen LogP contribution >= 0.6 is 0 Å². The molecule has 1 aromatic heterocycles. The van der Waals surface area contributed by atoms with Gasteiger partial charge in [0.25, 0.3) is 0 Å². The largest absolute Gasteiger partial charge is 0.387 e. The molecule has 3 nitrogen and oxygen atoms in total. The van der Waals surface area contributed by atoms with Gasteiger partial charge in [-0.2, -0.15) is 5.10 Å². The molecule has 0 radical (unpaired) electrons. The van der Waals surface area contributed by atoms with Crippen molar-refractivity contribution in [3.8, 4) is 0 Å². The first-order valence-electron chi connectivity index (χ1n) is 5.33. The van der Waals surface area contributed by atoms with E-state index in [2.05, 4.69) is 18.9 Å². The van der Waals surface area contributed by atoms with Crippen molar-refractivity contribution < 1.29 is 5.11 Å². The Morgan fingerprint density at radius 2 is 2.14 bits per heavy atom. The molecule has 2 rings (SSSR count). The molecule has 78 valence electrons. The summed E-state index contributed by atoms with van der Waals surface area (Å²) >= 11 is 0. The van der Waals surface area contributed by atoms with Crippen LogP contribution in [0.1, 0.15) is 50.2 Å². The number of aryl methyl sites for hydroxylation is 1. The predicted molar refractivity (Wildman–Crippen MR) is 55.0 cm³/mol. The van der Waals surface area contributed by atoms with E-state index in [-0.39, 0.29) is 6.10 Å². The van der Waals surface area contributed by atoms with Crippen LogP contribution in [0.2, 0.25) is 0 Å². The Morgan fingerprint density at radius 1 is 1.50 bits per heavy atom. The molecule has 1 saturated carbocycles. The second-order valence-electron chi connectivity index (χ2n) is 4.53. The lowest BCUT2D eigenvalue weighted by molar-refractivity contribution is 0.141. The van der Waals surface area contributed by atoms with Gasteiger partial charge in [0.2, 0.25) is 0 Å². The normalized spacial score (nSPS) is 18.9. The molecule has 1 heterocycles. The standard InChI is InChI=1S/C11H18N2O/c1-7(2)13-10(6-8(3)12-13)11(14)9-4-5-9/h6-7,9,11,14H,4-5H2,1-3H3.